The Bertz CT molecular complexity index is 371. The second kappa shape index (κ2) is 6.22. The smallest absolute Gasteiger partial charge is 0.309 e. The summed E-state index contributed by atoms with van der Waals surface area (Å²) >= 11 is 0. The molecule has 0 aliphatic carbocycles. The van der Waals surface area contributed by atoms with Crippen molar-refractivity contribution >= 4 is 0 Å². The van der Waals surface area contributed by atoms with Crippen LogP contribution in [0.1, 0.15) is 43.6 Å². The first-order valence-corrected chi connectivity index (χ1v) is 6.14. The van der Waals surface area contributed by atoms with Crippen LogP contribution in [0.15, 0.2) is 6.07 Å². The Kier molecular flexibility index (Phi) is 5.19. The van der Waals surface area contributed by atoms with Crippen molar-refractivity contribution in [2.45, 2.75) is 45.3 Å². The van der Waals surface area contributed by atoms with Crippen molar-refractivity contribution in [1.82, 2.24) is 15.1 Å². The van der Waals surface area contributed by atoms with Crippen molar-refractivity contribution in [3.05, 3.63) is 17.5 Å². The summed E-state index contributed by atoms with van der Waals surface area (Å²) in [5.74, 6) is 0. The fourth-order valence-electron chi connectivity index (χ4n) is 2.06. The largest absolute Gasteiger partial charge is 0.389 e. The Morgan fingerprint density at radius 3 is 2.56 bits per heavy atom. The van der Waals surface area contributed by atoms with E-state index in [9.17, 15) is 13.2 Å². The maximum atomic E-state index is 12.1. The molecule has 18 heavy (non-hydrogen) atoms. The third-order valence-corrected chi connectivity index (χ3v) is 2.80. The summed E-state index contributed by atoms with van der Waals surface area (Å²) in [5, 5.41) is 7.44. The molecule has 0 fully saturated rings. The minimum atomic E-state index is -4.07. The van der Waals surface area contributed by atoms with Crippen LogP contribution in [0.2, 0.25) is 0 Å². The number of alkyl halides is 3. The summed E-state index contributed by atoms with van der Waals surface area (Å²) in [6.45, 7) is 4.54. The molecule has 1 heterocycles. The lowest BCUT2D eigenvalue weighted by Gasteiger charge is -2.18. The maximum Gasteiger partial charge on any atom is 0.389 e. The molecule has 0 radical (unpaired) electrons. The highest BCUT2D eigenvalue weighted by molar-refractivity contribution is 5.13. The molecule has 3 nitrogen and oxygen atoms in total. The molecule has 1 aromatic heterocycles. The fraction of sp³-hybridized carbons (Fsp3) is 0.750. The molecule has 104 valence electrons. The Hall–Kier alpha value is -1.04. The number of nitrogens with one attached hydrogen (secondary N) is 1. The molecule has 0 saturated carbocycles. The number of nitrogens with zero attached hydrogens (tertiary/aromatic N) is 2. The van der Waals surface area contributed by atoms with Gasteiger partial charge in [-0.25, -0.2) is 0 Å². The molecule has 1 N–H and O–H groups in total. The number of aryl methyl sites for hydroxylation is 2. The van der Waals surface area contributed by atoms with E-state index < -0.39 is 12.6 Å². The van der Waals surface area contributed by atoms with Crippen LogP contribution in [0.3, 0.4) is 0 Å². The predicted molar refractivity (Wildman–Crippen MR) is 64.3 cm³/mol. The summed E-state index contributed by atoms with van der Waals surface area (Å²) in [5.41, 5.74) is 1.82. The van der Waals surface area contributed by atoms with Gasteiger partial charge in [-0.2, -0.15) is 18.3 Å². The van der Waals surface area contributed by atoms with E-state index in [-0.39, 0.29) is 12.5 Å². The molecule has 1 atom stereocenters. The van der Waals surface area contributed by atoms with Gasteiger partial charge in [-0.1, -0.05) is 6.92 Å². The van der Waals surface area contributed by atoms with Crippen LogP contribution in [0.4, 0.5) is 13.2 Å². The van der Waals surface area contributed by atoms with Crippen molar-refractivity contribution in [1.29, 1.82) is 0 Å². The number of hydrogen-bond donors (Lipinski definition) is 1. The van der Waals surface area contributed by atoms with Crippen LogP contribution in [0.25, 0.3) is 0 Å². The van der Waals surface area contributed by atoms with Gasteiger partial charge in [0.2, 0.25) is 0 Å². The Balaban J connectivity index is 2.63. The zero-order valence-corrected chi connectivity index (χ0v) is 11.0. The van der Waals surface area contributed by atoms with Gasteiger partial charge in [0.15, 0.2) is 0 Å². The maximum absolute atomic E-state index is 12.1. The molecule has 0 amide bonds. The van der Waals surface area contributed by atoms with E-state index in [0.717, 1.165) is 17.9 Å². The van der Waals surface area contributed by atoms with Crippen LogP contribution in [0.5, 0.6) is 0 Å². The average Bonchev–Trinajstić information content (AvgIpc) is 2.55. The fourth-order valence-corrected chi connectivity index (χ4v) is 2.06. The summed E-state index contributed by atoms with van der Waals surface area (Å²) in [6, 6.07) is 1.85. The lowest BCUT2D eigenvalue weighted by molar-refractivity contribution is -0.135. The predicted octanol–water partition coefficient (Wildman–Crippen LogP) is 3.11. The minimum absolute atomic E-state index is 0.0662. The molecule has 0 bridgehead atoms. The number of aromatic nitrogens is 2. The van der Waals surface area contributed by atoms with Crippen LogP contribution >= 0.6 is 0 Å². The van der Waals surface area contributed by atoms with E-state index in [1.807, 2.05) is 27.0 Å². The first-order valence-electron chi connectivity index (χ1n) is 6.14. The van der Waals surface area contributed by atoms with Crippen molar-refractivity contribution in [2.75, 3.05) is 6.54 Å². The third kappa shape index (κ3) is 4.68. The van der Waals surface area contributed by atoms with Crippen molar-refractivity contribution in [2.24, 2.45) is 7.05 Å². The Labute approximate surface area is 105 Å². The molecule has 0 aliphatic rings. The zero-order chi connectivity index (χ0) is 13.8. The first kappa shape index (κ1) is 15.0. The quantitative estimate of drug-likeness (QED) is 0.854. The molecule has 1 aromatic rings. The molecular formula is C12H20F3N3. The average molecular weight is 263 g/mol. The lowest BCUT2D eigenvalue weighted by Crippen LogP contribution is -2.23. The Morgan fingerprint density at radius 1 is 1.44 bits per heavy atom. The Morgan fingerprint density at radius 2 is 2.11 bits per heavy atom. The van der Waals surface area contributed by atoms with E-state index in [4.69, 9.17) is 0 Å². The van der Waals surface area contributed by atoms with Crippen LogP contribution < -0.4 is 5.32 Å². The normalized spacial score (nSPS) is 13.9. The van der Waals surface area contributed by atoms with E-state index in [1.165, 1.54) is 0 Å². The second-order valence-corrected chi connectivity index (χ2v) is 4.45. The van der Waals surface area contributed by atoms with Gasteiger partial charge in [0.25, 0.3) is 0 Å². The zero-order valence-electron chi connectivity index (χ0n) is 11.0. The summed E-state index contributed by atoms with van der Waals surface area (Å²) in [6.07, 6.45) is -4.21. The molecule has 0 saturated heterocycles. The van der Waals surface area contributed by atoms with Gasteiger partial charge in [-0.3, -0.25) is 4.68 Å². The van der Waals surface area contributed by atoms with E-state index in [1.54, 1.807) is 4.68 Å². The molecule has 0 spiro atoms. The SMILES string of the molecule is CCNC(CCCC(F)(F)F)c1cc(C)nn1C. The van der Waals surface area contributed by atoms with E-state index in [0.29, 0.717) is 6.42 Å². The number of rotatable bonds is 6. The lowest BCUT2D eigenvalue weighted by atomic mass is 10.1. The van der Waals surface area contributed by atoms with Crippen molar-refractivity contribution < 1.29 is 13.2 Å². The monoisotopic (exact) mass is 263 g/mol. The van der Waals surface area contributed by atoms with Crippen LogP contribution in [0, 0.1) is 6.92 Å². The molecule has 6 heteroatoms. The highest BCUT2D eigenvalue weighted by Gasteiger charge is 2.27. The summed E-state index contributed by atoms with van der Waals surface area (Å²) < 4.78 is 38.2. The third-order valence-electron chi connectivity index (χ3n) is 2.80. The van der Waals surface area contributed by atoms with Crippen LogP contribution in [-0.2, 0) is 7.05 Å². The second-order valence-electron chi connectivity index (χ2n) is 4.45. The van der Waals surface area contributed by atoms with Gasteiger partial charge >= 0.3 is 6.18 Å². The molecule has 1 unspecified atom stereocenters. The number of hydrogen-bond acceptors (Lipinski definition) is 2. The standard InChI is InChI=1S/C12H20F3N3/c1-4-16-10(6-5-7-12(13,14)15)11-8-9(2)17-18(11)3/h8,10,16H,4-7H2,1-3H3. The highest BCUT2D eigenvalue weighted by Crippen LogP contribution is 2.26. The van der Waals surface area contributed by atoms with Gasteiger partial charge in [0.05, 0.1) is 11.4 Å². The topological polar surface area (TPSA) is 29.9 Å². The van der Waals surface area contributed by atoms with Gasteiger partial charge < -0.3 is 5.32 Å². The van der Waals surface area contributed by atoms with Crippen LogP contribution in [-0.4, -0.2) is 22.5 Å². The van der Waals surface area contributed by atoms with Crippen molar-refractivity contribution in [3.63, 3.8) is 0 Å². The van der Waals surface area contributed by atoms with Gasteiger partial charge in [0.1, 0.15) is 0 Å². The van der Waals surface area contributed by atoms with E-state index in [2.05, 4.69) is 10.4 Å². The van der Waals surface area contributed by atoms with Crippen molar-refractivity contribution in [3.8, 4) is 0 Å². The summed E-state index contributed by atoms with van der Waals surface area (Å²) in [7, 11) is 1.82. The molecule has 0 aliphatic heterocycles. The minimum Gasteiger partial charge on any atom is -0.309 e. The molecule has 1 rings (SSSR count). The first-order chi connectivity index (χ1) is 8.33. The van der Waals surface area contributed by atoms with Gasteiger partial charge in [-0.15, -0.1) is 0 Å². The van der Waals surface area contributed by atoms with E-state index >= 15 is 0 Å². The van der Waals surface area contributed by atoms with Gasteiger partial charge in [-0.05, 0) is 32.4 Å². The molecular weight excluding hydrogens is 243 g/mol. The highest BCUT2D eigenvalue weighted by atomic mass is 19.4. The summed E-state index contributed by atoms with van der Waals surface area (Å²) in [4.78, 5) is 0. The number of halogens is 3. The molecule has 0 aromatic carbocycles. The van der Waals surface area contributed by atoms with Gasteiger partial charge in [0, 0.05) is 19.5 Å².